The van der Waals surface area contributed by atoms with Gasteiger partial charge in [0.25, 0.3) is 0 Å². The third kappa shape index (κ3) is 3.86. The molecule has 1 N–H and O–H groups in total. The Hall–Kier alpha value is -0.800. The van der Waals surface area contributed by atoms with E-state index < -0.39 is 0 Å². The lowest BCUT2D eigenvalue weighted by molar-refractivity contribution is 0.165. The Morgan fingerprint density at radius 2 is 2.35 bits per heavy atom. The van der Waals surface area contributed by atoms with E-state index in [0.717, 1.165) is 24.9 Å². The predicted molar refractivity (Wildman–Crippen MR) is 69.9 cm³/mol. The molecular weight excluding hydrogens is 212 g/mol. The normalized spacial score (nSPS) is 17.6. The fourth-order valence-electron chi connectivity index (χ4n) is 2.37. The molecule has 1 fully saturated rings. The van der Waals surface area contributed by atoms with Gasteiger partial charge < -0.3 is 9.73 Å². The van der Waals surface area contributed by atoms with Gasteiger partial charge in [-0.25, -0.2) is 0 Å². The summed E-state index contributed by atoms with van der Waals surface area (Å²) in [5.74, 6) is 1.09. The highest BCUT2D eigenvalue weighted by Crippen LogP contribution is 2.31. The molecule has 1 aliphatic rings. The Morgan fingerprint density at radius 3 is 2.94 bits per heavy atom. The van der Waals surface area contributed by atoms with E-state index in [9.17, 15) is 0 Å². The molecule has 1 aliphatic carbocycles. The van der Waals surface area contributed by atoms with Crippen molar-refractivity contribution < 1.29 is 4.42 Å². The van der Waals surface area contributed by atoms with Crippen LogP contribution in [-0.2, 0) is 6.54 Å². The van der Waals surface area contributed by atoms with Crippen LogP contribution >= 0.6 is 0 Å². The van der Waals surface area contributed by atoms with Crippen molar-refractivity contribution in [2.24, 2.45) is 0 Å². The molecule has 1 heterocycles. The van der Waals surface area contributed by atoms with Crippen molar-refractivity contribution in [3.63, 3.8) is 0 Å². The first-order chi connectivity index (χ1) is 8.31. The third-order valence-corrected chi connectivity index (χ3v) is 3.55. The summed E-state index contributed by atoms with van der Waals surface area (Å²) < 4.78 is 5.46. The molecule has 3 nitrogen and oxygen atoms in total. The maximum Gasteiger partial charge on any atom is 0.117 e. The summed E-state index contributed by atoms with van der Waals surface area (Å²) in [6.45, 7) is 4.43. The number of hydrogen-bond acceptors (Lipinski definition) is 3. The fraction of sp³-hybridized carbons (Fsp3) is 0.714. The summed E-state index contributed by atoms with van der Waals surface area (Å²) in [6, 6.07) is 5.51. The zero-order chi connectivity index (χ0) is 12.1. The Balaban J connectivity index is 1.83. The van der Waals surface area contributed by atoms with Gasteiger partial charge in [-0.15, -0.1) is 0 Å². The van der Waals surface area contributed by atoms with Gasteiger partial charge >= 0.3 is 0 Å². The van der Waals surface area contributed by atoms with Crippen LogP contribution in [0.2, 0.25) is 0 Å². The third-order valence-electron chi connectivity index (χ3n) is 3.55. The SMILES string of the molecule is CNCCCC(C)N(Cc1ccco1)C1CC1. The van der Waals surface area contributed by atoms with Gasteiger partial charge in [-0.2, -0.15) is 0 Å². The minimum atomic E-state index is 0.654. The first-order valence-corrected chi connectivity index (χ1v) is 6.74. The van der Waals surface area contributed by atoms with E-state index in [4.69, 9.17) is 4.42 Å². The summed E-state index contributed by atoms with van der Waals surface area (Å²) >= 11 is 0. The van der Waals surface area contributed by atoms with Crippen molar-refractivity contribution in [1.29, 1.82) is 0 Å². The highest BCUT2D eigenvalue weighted by molar-refractivity contribution is 5.00. The highest BCUT2D eigenvalue weighted by atomic mass is 16.3. The van der Waals surface area contributed by atoms with E-state index in [1.54, 1.807) is 6.26 Å². The second-order valence-corrected chi connectivity index (χ2v) is 5.08. The number of hydrogen-bond donors (Lipinski definition) is 1. The molecule has 1 aromatic heterocycles. The predicted octanol–water partition coefficient (Wildman–Crippen LogP) is 2.63. The monoisotopic (exact) mass is 236 g/mol. The summed E-state index contributed by atoms with van der Waals surface area (Å²) in [5.41, 5.74) is 0. The Morgan fingerprint density at radius 1 is 1.53 bits per heavy atom. The summed E-state index contributed by atoms with van der Waals surface area (Å²) in [5, 5.41) is 3.22. The molecule has 3 heteroatoms. The smallest absolute Gasteiger partial charge is 0.117 e. The summed E-state index contributed by atoms with van der Waals surface area (Å²) in [6.07, 6.45) is 7.00. The van der Waals surface area contributed by atoms with Crippen LogP contribution in [0.4, 0.5) is 0 Å². The molecule has 0 saturated heterocycles. The lowest BCUT2D eigenvalue weighted by Gasteiger charge is -2.28. The van der Waals surface area contributed by atoms with E-state index >= 15 is 0 Å². The first kappa shape index (κ1) is 12.7. The molecule has 0 aliphatic heterocycles. The van der Waals surface area contributed by atoms with Crippen LogP contribution in [0.3, 0.4) is 0 Å². The molecule has 0 spiro atoms. The van der Waals surface area contributed by atoms with E-state index in [1.807, 2.05) is 13.1 Å². The number of nitrogens with one attached hydrogen (secondary N) is 1. The number of nitrogens with zero attached hydrogens (tertiary/aromatic N) is 1. The first-order valence-electron chi connectivity index (χ1n) is 6.74. The van der Waals surface area contributed by atoms with Crippen LogP contribution < -0.4 is 5.32 Å². The van der Waals surface area contributed by atoms with E-state index in [-0.39, 0.29) is 0 Å². The molecule has 2 rings (SSSR count). The van der Waals surface area contributed by atoms with Gasteiger partial charge in [0.2, 0.25) is 0 Å². The fourth-order valence-corrected chi connectivity index (χ4v) is 2.37. The van der Waals surface area contributed by atoms with E-state index in [2.05, 4.69) is 23.2 Å². The van der Waals surface area contributed by atoms with Gasteiger partial charge in [-0.05, 0) is 58.3 Å². The molecule has 1 unspecified atom stereocenters. The van der Waals surface area contributed by atoms with Crippen LogP contribution in [0.15, 0.2) is 22.8 Å². The molecule has 1 saturated carbocycles. The maximum absolute atomic E-state index is 5.46. The topological polar surface area (TPSA) is 28.4 Å². The van der Waals surface area contributed by atoms with Crippen LogP contribution in [-0.4, -0.2) is 30.6 Å². The zero-order valence-corrected chi connectivity index (χ0v) is 11.0. The van der Waals surface area contributed by atoms with Crippen molar-refractivity contribution in [1.82, 2.24) is 10.2 Å². The standard InChI is InChI=1S/C14H24N2O/c1-12(5-3-9-15-2)16(13-7-8-13)11-14-6-4-10-17-14/h4,6,10,12-13,15H,3,5,7-9,11H2,1-2H3. The lowest BCUT2D eigenvalue weighted by atomic mass is 10.1. The van der Waals surface area contributed by atoms with Crippen molar-refractivity contribution in [2.75, 3.05) is 13.6 Å². The second kappa shape index (κ2) is 6.22. The van der Waals surface area contributed by atoms with Crippen LogP contribution in [0.1, 0.15) is 38.4 Å². The Bertz CT molecular complexity index is 306. The molecule has 1 aromatic rings. The number of furan rings is 1. The van der Waals surface area contributed by atoms with E-state index in [1.165, 1.54) is 25.7 Å². The van der Waals surface area contributed by atoms with Crippen molar-refractivity contribution in [3.8, 4) is 0 Å². The minimum Gasteiger partial charge on any atom is -0.468 e. The van der Waals surface area contributed by atoms with Gasteiger partial charge in [0.15, 0.2) is 0 Å². The van der Waals surface area contributed by atoms with Crippen LogP contribution in [0.5, 0.6) is 0 Å². The summed E-state index contributed by atoms with van der Waals surface area (Å²) in [4.78, 5) is 2.61. The maximum atomic E-state index is 5.46. The Labute approximate surface area is 104 Å². The molecule has 0 bridgehead atoms. The minimum absolute atomic E-state index is 0.654. The largest absolute Gasteiger partial charge is 0.468 e. The zero-order valence-electron chi connectivity index (χ0n) is 11.0. The van der Waals surface area contributed by atoms with Crippen molar-refractivity contribution in [3.05, 3.63) is 24.2 Å². The van der Waals surface area contributed by atoms with Gasteiger partial charge in [0, 0.05) is 12.1 Å². The molecule has 96 valence electrons. The van der Waals surface area contributed by atoms with Crippen molar-refractivity contribution in [2.45, 2.75) is 51.2 Å². The average Bonchev–Trinajstić information content (AvgIpc) is 3.03. The van der Waals surface area contributed by atoms with Crippen LogP contribution in [0, 0.1) is 0 Å². The Kier molecular flexibility index (Phi) is 4.63. The summed E-state index contributed by atoms with van der Waals surface area (Å²) in [7, 11) is 2.02. The van der Waals surface area contributed by atoms with E-state index in [0.29, 0.717) is 6.04 Å². The number of rotatable bonds is 8. The highest BCUT2D eigenvalue weighted by Gasteiger charge is 2.32. The second-order valence-electron chi connectivity index (χ2n) is 5.08. The van der Waals surface area contributed by atoms with Gasteiger partial charge in [-0.1, -0.05) is 0 Å². The van der Waals surface area contributed by atoms with Gasteiger partial charge in [0.1, 0.15) is 5.76 Å². The van der Waals surface area contributed by atoms with Gasteiger partial charge in [0.05, 0.1) is 12.8 Å². The lowest BCUT2D eigenvalue weighted by Crippen LogP contribution is -2.34. The van der Waals surface area contributed by atoms with Crippen molar-refractivity contribution >= 4 is 0 Å². The molecule has 1 atom stereocenters. The average molecular weight is 236 g/mol. The molecule has 0 amide bonds. The molecule has 17 heavy (non-hydrogen) atoms. The van der Waals surface area contributed by atoms with Gasteiger partial charge in [-0.3, -0.25) is 4.90 Å². The molecule has 0 radical (unpaired) electrons. The molecule has 0 aromatic carbocycles. The quantitative estimate of drug-likeness (QED) is 0.703. The molecular formula is C14H24N2O. The van der Waals surface area contributed by atoms with Crippen LogP contribution in [0.25, 0.3) is 0 Å².